The molecule has 1 aromatic heterocycles. The Labute approximate surface area is 117 Å². The number of hydrogen-bond donors (Lipinski definition) is 2. The second kappa shape index (κ2) is 6.66. The summed E-state index contributed by atoms with van der Waals surface area (Å²) in [6.45, 7) is 4.45. The van der Waals surface area contributed by atoms with Crippen molar-refractivity contribution in [3.05, 3.63) is 15.8 Å². The van der Waals surface area contributed by atoms with Crippen LogP contribution >= 0.6 is 0 Å². The zero-order valence-electron chi connectivity index (χ0n) is 11.7. The Morgan fingerprint density at radius 2 is 2.05 bits per heavy atom. The fourth-order valence-electron chi connectivity index (χ4n) is 1.76. The van der Waals surface area contributed by atoms with Crippen LogP contribution < -0.4 is 10.0 Å². The van der Waals surface area contributed by atoms with Crippen molar-refractivity contribution in [2.45, 2.75) is 26.8 Å². The lowest BCUT2D eigenvalue weighted by atomic mass is 10.4. The molecule has 0 aliphatic rings. The van der Waals surface area contributed by atoms with Crippen LogP contribution in [0.15, 0.2) is 0 Å². The molecule has 0 aliphatic carbocycles. The largest absolute Gasteiger partial charge is 0.363 e. The van der Waals surface area contributed by atoms with Gasteiger partial charge in [-0.15, -0.1) is 0 Å². The van der Waals surface area contributed by atoms with Crippen LogP contribution in [0.1, 0.15) is 19.0 Å². The number of nitrogens with zero attached hydrogens (tertiary/aromatic N) is 3. The number of aryl methyl sites for hydroxylation is 2. The van der Waals surface area contributed by atoms with Crippen LogP contribution in [-0.4, -0.2) is 42.5 Å². The van der Waals surface area contributed by atoms with E-state index in [4.69, 9.17) is 0 Å². The van der Waals surface area contributed by atoms with Crippen molar-refractivity contribution in [2.75, 3.05) is 24.7 Å². The Balaban J connectivity index is 2.83. The van der Waals surface area contributed by atoms with Crippen molar-refractivity contribution in [3.63, 3.8) is 0 Å². The Morgan fingerprint density at radius 3 is 2.55 bits per heavy atom. The van der Waals surface area contributed by atoms with E-state index in [-0.39, 0.29) is 18.8 Å². The topological polar surface area (TPSA) is 119 Å². The predicted molar refractivity (Wildman–Crippen MR) is 75.2 cm³/mol. The maximum Gasteiger partial charge on any atom is 0.333 e. The summed E-state index contributed by atoms with van der Waals surface area (Å²) >= 11 is 0. The second-order valence-electron chi connectivity index (χ2n) is 4.36. The highest BCUT2D eigenvalue weighted by atomic mass is 32.2. The van der Waals surface area contributed by atoms with Gasteiger partial charge in [0.1, 0.15) is 5.69 Å². The molecule has 2 N–H and O–H groups in total. The van der Waals surface area contributed by atoms with Crippen LogP contribution in [0.4, 0.5) is 11.5 Å². The zero-order chi connectivity index (χ0) is 15.3. The van der Waals surface area contributed by atoms with Gasteiger partial charge in [0.15, 0.2) is 0 Å². The van der Waals surface area contributed by atoms with E-state index in [0.29, 0.717) is 18.1 Å². The first-order valence-corrected chi connectivity index (χ1v) is 8.05. The molecule has 0 fully saturated rings. The van der Waals surface area contributed by atoms with E-state index in [1.165, 1.54) is 4.68 Å². The maximum absolute atomic E-state index is 11.1. The van der Waals surface area contributed by atoms with E-state index in [2.05, 4.69) is 15.1 Å². The van der Waals surface area contributed by atoms with Gasteiger partial charge in [-0.1, -0.05) is 6.92 Å². The van der Waals surface area contributed by atoms with Gasteiger partial charge in [-0.2, -0.15) is 5.10 Å². The summed E-state index contributed by atoms with van der Waals surface area (Å²) in [6, 6.07) is 0. The number of nitro groups is 1. The van der Waals surface area contributed by atoms with Crippen molar-refractivity contribution < 1.29 is 13.3 Å². The number of sulfonamides is 1. The highest BCUT2D eigenvalue weighted by molar-refractivity contribution is 7.88. The van der Waals surface area contributed by atoms with E-state index in [1.807, 2.05) is 6.92 Å². The Hall–Kier alpha value is -1.68. The fraction of sp³-hybridized carbons (Fsp3) is 0.700. The van der Waals surface area contributed by atoms with Crippen LogP contribution in [0.5, 0.6) is 0 Å². The third-order valence-corrected chi connectivity index (χ3v) is 3.22. The molecule has 0 spiro atoms. The molecule has 0 radical (unpaired) electrons. The van der Waals surface area contributed by atoms with Gasteiger partial charge in [0.2, 0.25) is 15.8 Å². The molecule has 1 heterocycles. The normalized spacial score (nSPS) is 11.6. The molecule has 0 aliphatic heterocycles. The Bertz CT molecular complexity index is 581. The number of aromatic nitrogens is 2. The third-order valence-electron chi connectivity index (χ3n) is 2.50. The lowest BCUT2D eigenvalue weighted by Crippen LogP contribution is -2.28. The van der Waals surface area contributed by atoms with Gasteiger partial charge in [-0.05, 0) is 13.3 Å². The molecule has 0 aromatic carbocycles. The Kier molecular flexibility index (Phi) is 5.45. The monoisotopic (exact) mass is 305 g/mol. The van der Waals surface area contributed by atoms with E-state index in [0.717, 1.165) is 12.7 Å². The van der Waals surface area contributed by atoms with E-state index < -0.39 is 14.9 Å². The number of nitrogens with one attached hydrogen (secondary N) is 2. The van der Waals surface area contributed by atoms with Crippen molar-refractivity contribution in [2.24, 2.45) is 0 Å². The number of hydrogen-bond acceptors (Lipinski definition) is 6. The smallest absolute Gasteiger partial charge is 0.333 e. The zero-order valence-corrected chi connectivity index (χ0v) is 12.5. The molecule has 10 heteroatoms. The average Bonchev–Trinajstić information content (AvgIpc) is 2.60. The van der Waals surface area contributed by atoms with Crippen LogP contribution in [0.25, 0.3) is 0 Å². The lowest BCUT2D eigenvalue weighted by molar-refractivity contribution is -0.384. The van der Waals surface area contributed by atoms with Gasteiger partial charge in [0.05, 0.1) is 11.2 Å². The quantitative estimate of drug-likeness (QED) is 0.409. The maximum atomic E-state index is 11.1. The van der Waals surface area contributed by atoms with Crippen LogP contribution in [0.3, 0.4) is 0 Å². The molecule has 1 rings (SSSR count). The molecule has 0 saturated carbocycles. The minimum atomic E-state index is -3.27. The van der Waals surface area contributed by atoms with Gasteiger partial charge < -0.3 is 5.32 Å². The fourth-order valence-corrected chi connectivity index (χ4v) is 2.23. The summed E-state index contributed by atoms with van der Waals surface area (Å²) in [5, 5.41) is 18.0. The molecule has 0 bridgehead atoms. The average molecular weight is 305 g/mol. The Morgan fingerprint density at radius 1 is 1.40 bits per heavy atom. The number of anilines is 1. The minimum Gasteiger partial charge on any atom is -0.363 e. The van der Waals surface area contributed by atoms with Gasteiger partial charge in [-0.3, -0.25) is 10.1 Å². The van der Waals surface area contributed by atoms with Gasteiger partial charge in [0, 0.05) is 19.6 Å². The molecule has 20 heavy (non-hydrogen) atoms. The molecule has 0 unspecified atom stereocenters. The highest BCUT2D eigenvalue weighted by Gasteiger charge is 2.24. The number of rotatable bonds is 8. The van der Waals surface area contributed by atoms with Crippen molar-refractivity contribution in [1.29, 1.82) is 0 Å². The van der Waals surface area contributed by atoms with Crippen molar-refractivity contribution in [1.82, 2.24) is 14.5 Å². The first-order chi connectivity index (χ1) is 9.26. The van der Waals surface area contributed by atoms with Crippen LogP contribution in [0.2, 0.25) is 0 Å². The third kappa shape index (κ3) is 4.46. The van der Waals surface area contributed by atoms with Crippen molar-refractivity contribution in [3.8, 4) is 0 Å². The molecular weight excluding hydrogens is 286 g/mol. The minimum absolute atomic E-state index is 0.0715. The van der Waals surface area contributed by atoms with Gasteiger partial charge >= 0.3 is 5.69 Å². The van der Waals surface area contributed by atoms with Gasteiger partial charge in [0.25, 0.3) is 0 Å². The first-order valence-electron chi connectivity index (χ1n) is 6.16. The SMILES string of the molecule is CCCn1nc(C)c([N+](=O)[O-])c1NCCNS(C)(=O)=O. The molecule has 0 atom stereocenters. The lowest BCUT2D eigenvalue weighted by Gasteiger charge is -2.08. The van der Waals surface area contributed by atoms with Crippen LogP contribution in [-0.2, 0) is 16.6 Å². The summed E-state index contributed by atoms with van der Waals surface area (Å²) in [4.78, 5) is 10.6. The summed E-state index contributed by atoms with van der Waals surface area (Å²) in [5.74, 6) is 0.310. The summed E-state index contributed by atoms with van der Waals surface area (Å²) in [5.41, 5.74) is 0.264. The molecule has 114 valence electrons. The molecule has 0 saturated heterocycles. The predicted octanol–water partition coefficient (Wildman–Crippen LogP) is 0.471. The van der Waals surface area contributed by atoms with E-state index in [9.17, 15) is 18.5 Å². The highest BCUT2D eigenvalue weighted by Crippen LogP contribution is 2.28. The van der Waals surface area contributed by atoms with Gasteiger partial charge in [-0.25, -0.2) is 17.8 Å². The molecule has 9 nitrogen and oxygen atoms in total. The van der Waals surface area contributed by atoms with Crippen LogP contribution in [0, 0.1) is 17.0 Å². The summed E-state index contributed by atoms with van der Waals surface area (Å²) in [6.07, 6.45) is 1.84. The molecule has 1 aromatic rings. The molecular formula is C10H19N5O4S. The van der Waals surface area contributed by atoms with E-state index in [1.54, 1.807) is 6.92 Å². The van der Waals surface area contributed by atoms with Crippen molar-refractivity contribution >= 4 is 21.5 Å². The van der Waals surface area contributed by atoms with E-state index >= 15 is 0 Å². The first kappa shape index (κ1) is 16.4. The molecule has 0 amide bonds. The summed E-state index contributed by atoms with van der Waals surface area (Å²) in [7, 11) is -3.27. The second-order valence-corrected chi connectivity index (χ2v) is 6.19. The standard InChI is InChI=1S/C10H19N5O4S/c1-4-7-14-10(9(15(16)17)8(2)13-14)11-5-6-12-20(3,18)19/h11-12H,4-7H2,1-3H3. The summed E-state index contributed by atoms with van der Waals surface area (Å²) < 4.78 is 25.7.